The highest BCUT2D eigenvalue weighted by atomic mass is 16.5. The Kier molecular flexibility index (Phi) is 4.39. The van der Waals surface area contributed by atoms with Crippen LogP contribution in [0.4, 0.5) is 0 Å². The summed E-state index contributed by atoms with van der Waals surface area (Å²) in [4.78, 5) is 0. The summed E-state index contributed by atoms with van der Waals surface area (Å²) >= 11 is 0. The molecule has 0 radical (unpaired) electrons. The third-order valence-electron chi connectivity index (χ3n) is 4.98. The van der Waals surface area contributed by atoms with E-state index in [0.717, 1.165) is 23.4 Å². The van der Waals surface area contributed by atoms with Gasteiger partial charge in [0, 0.05) is 17.5 Å². The van der Waals surface area contributed by atoms with Crippen molar-refractivity contribution in [2.45, 2.75) is 58.8 Å². The minimum absolute atomic E-state index is 0.00436. The highest BCUT2D eigenvalue weighted by Gasteiger charge is 2.31. The Labute approximate surface area is 161 Å². The standard InChI is InChI=1S/C23H27N3O/c1-15(2)27-20-14-16-10-6-7-11-17(16)22-21(19-13-9-8-12-18(19)20)24-25-26(22)23(3,4)5/h6-13,15,20H,14H2,1-5H3. The van der Waals surface area contributed by atoms with Crippen LogP contribution in [0.3, 0.4) is 0 Å². The van der Waals surface area contributed by atoms with Gasteiger partial charge in [-0.2, -0.15) is 0 Å². The molecule has 1 aromatic heterocycles. The summed E-state index contributed by atoms with van der Waals surface area (Å²) in [5, 5.41) is 9.20. The zero-order valence-corrected chi connectivity index (χ0v) is 16.7. The molecule has 4 heteroatoms. The quantitative estimate of drug-likeness (QED) is 0.614. The molecule has 0 N–H and O–H groups in total. The van der Waals surface area contributed by atoms with Crippen molar-refractivity contribution in [2.24, 2.45) is 0 Å². The third kappa shape index (κ3) is 3.19. The average molecular weight is 361 g/mol. The summed E-state index contributed by atoms with van der Waals surface area (Å²) < 4.78 is 8.40. The van der Waals surface area contributed by atoms with E-state index in [9.17, 15) is 0 Å². The molecule has 1 heterocycles. The van der Waals surface area contributed by atoms with E-state index in [1.165, 1.54) is 16.7 Å². The second kappa shape index (κ2) is 6.61. The Morgan fingerprint density at radius 1 is 1.00 bits per heavy atom. The minimum Gasteiger partial charge on any atom is -0.371 e. The summed E-state index contributed by atoms with van der Waals surface area (Å²) in [5.41, 5.74) is 6.63. The maximum Gasteiger partial charge on any atom is 0.121 e. The highest BCUT2D eigenvalue weighted by Crippen LogP contribution is 2.42. The minimum atomic E-state index is -0.157. The fraction of sp³-hybridized carbons (Fsp3) is 0.391. The SMILES string of the molecule is CC(C)OC1Cc2ccccc2-c2c(nnn2C(C)(C)C)-c2ccccc21. The lowest BCUT2D eigenvalue weighted by molar-refractivity contribution is 0.00716. The third-order valence-corrected chi connectivity index (χ3v) is 4.98. The molecule has 0 saturated carbocycles. The van der Waals surface area contributed by atoms with Gasteiger partial charge in [0.25, 0.3) is 0 Å². The number of nitrogens with zero attached hydrogens (tertiary/aromatic N) is 3. The van der Waals surface area contributed by atoms with Gasteiger partial charge in [-0.3, -0.25) is 0 Å². The van der Waals surface area contributed by atoms with Crippen molar-refractivity contribution in [1.82, 2.24) is 15.0 Å². The second-order valence-corrected chi connectivity index (χ2v) is 8.49. The monoisotopic (exact) mass is 361 g/mol. The van der Waals surface area contributed by atoms with Gasteiger partial charge in [0.15, 0.2) is 0 Å². The fourth-order valence-corrected chi connectivity index (χ4v) is 3.86. The Morgan fingerprint density at radius 3 is 2.37 bits per heavy atom. The van der Waals surface area contributed by atoms with E-state index in [1.807, 2.05) is 0 Å². The number of rotatable bonds is 2. The molecule has 27 heavy (non-hydrogen) atoms. The molecule has 0 saturated heterocycles. The normalized spacial score (nSPS) is 16.3. The lowest BCUT2D eigenvalue weighted by Gasteiger charge is -2.28. The van der Waals surface area contributed by atoms with Crippen molar-refractivity contribution < 1.29 is 4.74 Å². The van der Waals surface area contributed by atoms with Crippen molar-refractivity contribution in [3.63, 3.8) is 0 Å². The van der Waals surface area contributed by atoms with Gasteiger partial charge in [0.1, 0.15) is 5.69 Å². The van der Waals surface area contributed by atoms with Gasteiger partial charge in [0.2, 0.25) is 0 Å². The summed E-state index contributed by atoms with van der Waals surface area (Å²) in [5.74, 6) is 0. The predicted molar refractivity (Wildman–Crippen MR) is 109 cm³/mol. The predicted octanol–water partition coefficient (Wildman–Crippen LogP) is 5.39. The smallest absolute Gasteiger partial charge is 0.121 e. The first kappa shape index (κ1) is 17.9. The van der Waals surface area contributed by atoms with Crippen molar-refractivity contribution in [1.29, 1.82) is 0 Å². The van der Waals surface area contributed by atoms with Gasteiger partial charge >= 0.3 is 0 Å². The Balaban J connectivity index is 2.04. The maximum absolute atomic E-state index is 6.34. The summed E-state index contributed by atoms with van der Waals surface area (Å²) in [6.07, 6.45) is 0.981. The molecule has 3 aromatic rings. The van der Waals surface area contributed by atoms with Crippen LogP contribution in [0.15, 0.2) is 48.5 Å². The number of aromatic nitrogens is 3. The zero-order valence-electron chi connectivity index (χ0n) is 16.7. The molecule has 0 fully saturated rings. The van der Waals surface area contributed by atoms with Crippen LogP contribution in [0.5, 0.6) is 0 Å². The van der Waals surface area contributed by atoms with E-state index in [-0.39, 0.29) is 17.7 Å². The molecular formula is C23H27N3O. The van der Waals surface area contributed by atoms with E-state index in [1.54, 1.807) is 0 Å². The van der Waals surface area contributed by atoms with Crippen molar-refractivity contribution in [3.8, 4) is 22.5 Å². The average Bonchev–Trinajstić information content (AvgIpc) is 3.05. The molecule has 0 amide bonds. The molecule has 140 valence electrons. The molecule has 4 nitrogen and oxygen atoms in total. The van der Waals surface area contributed by atoms with Crippen LogP contribution in [0.25, 0.3) is 22.5 Å². The van der Waals surface area contributed by atoms with E-state index >= 15 is 0 Å². The van der Waals surface area contributed by atoms with E-state index in [2.05, 4.69) is 98.1 Å². The van der Waals surface area contributed by atoms with E-state index in [4.69, 9.17) is 4.74 Å². The number of benzene rings is 2. The Hall–Kier alpha value is -2.46. The summed E-state index contributed by atoms with van der Waals surface area (Å²) in [6, 6.07) is 17.0. The zero-order chi connectivity index (χ0) is 19.2. The first-order valence-corrected chi connectivity index (χ1v) is 9.65. The van der Waals surface area contributed by atoms with E-state index in [0.29, 0.717) is 0 Å². The van der Waals surface area contributed by atoms with Crippen LogP contribution in [0.2, 0.25) is 0 Å². The van der Waals surface area contributed by atoms with Gasteiger partial charge in [-0.25, -0.2) is 4.68 Å². The van der Waals surface area contributed by atoms with Gasteiger partial charge in [-0.15, -0.1) is 5.10 Å². The second-order valence-electron chi connectivity index (χ2n) is 8.49. The fourth-order valence-electron chi connectivity index (χ4n) is 3.86. The topological polar surface area (TPSA) is 39.9 Å². The van der Waals surface area contributed by atoms with Crippen molar-refractivity contribution >= 4 is 0 Å². The molecule has 0 aliphatic heterocycles. The van der Waals surface area contributed by atoms with Crippen LogP contribution in [0.1, 0.15) is 51.8 Å². The number of ether oxygens (including phenoxy) is 1. The van der Waals surface area contributed by atoms with Gasteiger partial charge in [-0.1, -0.05) is 53.7 Å². The summed E-state index contributed by atoms with van der Waals surface area (Å²) in [7, 11) is 0. The first-order chi connectivity index (χ1) is 12.9. The van der Waals surface area contributed by atoms with Crippen molar-refractivity contribution in [3.05, 3.63) is 59.7 Å². The lowest BCUT2D eigenvalue weighted by atomic mass is 9.87. The molecule has 4 rings (SSSR count). The van der Waals surface area contributed by atoms with Crippen LogP contribution >= 0.6 is 0 Å². The molecule has 1 unspecified atom stereocenters. The Bertz CT molecular complexity index is 966. The molecule has 0 bridgehead atoms. The molecule has 2 aromatic carbocycles. The molecule has 1 atom stereocenters. The van der Waals surface area contributed by atoms with Crippen LogP contribution in [-0.2, 0) is 16.7 Å². The summed E-state index contributed by atoms with van der Waals surface area (Å²) in [6.45, 7) is 10.7. The van der Waals surface area contributed by atoms with Gasteiger partial charge < -0.3 is 4.74 Å². The van der Waals surface area contributed by atoms with E-state index < -0.39 is 0 Å². The molecular weight excluding hydrogens is 334 g/mol. The molecule has 1 aliphatic rings. The Morgan fingerprint density at radius 2 is 1.67 bits per heavy atom. The maximum atomic E-state index is 6.34. The molecule has 1 aliphatic carbocycles. The van der Waals surface area contributed by atoms with Crippen LogP contribution in [0, 0.1) is 0 Å². The molecule has 0 spiro atoms. The number of fused-ring (bicyclic) bond motifs is 5. The number of hydrogen-bond donors (Lipinski definition) is 0. The van der Waals surface area contributed by atoms with Gasteiger partial charge in [-0.05, 0) is 45.7 Å². The van der Waals surface area contributed by atoms with Crippen LogP contribution in [-0.4, -0.2) is 21.1 Å². The lowest BCUT2D eigenvalue weighted by Crippen LogP contribution is -2.25. The first-order valence-electron chi connectivity index (χ1n) is 9.65. The van der Waals surface area contributed by atoms with Gasteiger partial charge in [0.05, 0.1) is 23.4 Å². The largest absolute Gasteiger partial charge is 0.371 e. The highest BCUT2D eigenvalue weighted by molar-refractivity contribution is 5.82. The number of hydrogen-bond acceptors (Lipinski definition) is 3. The van der Waals surface area contributed by atoms with Crippen LogP contribution < -0.4 is 0 Å². The van der Waals surface area contributed by atoms with Crippen molar-refractivity contribution in [2.75, 3.05) is 0 Å².